The standard InChI is InChI=1S/C12H20N4/c1-3-10-11(4-2)15-16-12(14-10)13-8-7-9-5-6-9/h9H,3-8H2,1-2H3,(H,13,14,16). The van der Waals surface area contributed by atoms with E-state index in [9.17, 15) is 0 Å². The second-order valence-electron chi connectivity index (χ2n) is 4.39. The zero-order chi connectivity index (χ0) is 11.4. The molecule has 0 aliphatic heterocycles. The normalized spacial score (nSPS) is 15.1. The Bertz CT molecular complexity index is 347. The van der Waals surface area contributed by atoms with Crippen molar-refractivity contribution in [2.45, 2.75) is 46.0 Å². The van der Waals surface area contributed by atoms with Crippen LogP contribution in [0.2, 0.25) is 0 Å². The molecule has 1 aromatic heterocycles. The van der Waals surface area contributed by atoms with E-state index >= 15 is 0 Å². The summed E-state index contributed by atoms with van der Waals surface area (Å²) in [4.78, 5) is 4.49. The summed E-state index contributed by atoms with van der Waals surface area (Å²) in [7, 11) is 0. The molecule has 1 fully saturated rings. The Morgan fingerprint density at radius 1 is 1.12 bits per heavy atom. The van der Waals surface area contributed by atoms with Gasteiger partial charge in [-0.15, -0.1) is 5.10 Å². The summed E-state index contributed by atoms with van der Waals surface area (Å²) in [5.41, 5.74) is 2.10. The van der Waals surface area contributed by atoms with Crippen LogP contribution >= 0.6 is 0 Å². The van der Waals surface area contributed by atoms with Gasteiger partial charge in [-0.2, -0.15) is 5.10 Å². The molecule has 88 valence electrons. The maximum Gasteiger partial charge on any atom is 0.242 e. The number of rotatable bonds is 6. The molecule has 16 heavy (non-hydrogen) atoms. The van der Waals surface area contributed by atoms with Gasteiger partial charge in [0.1, 0.15) is 0 Å². The number of nitrogens with one attached hydrogen (secondary N) is 1. The van der Waals surface area contributed by atoms with Gasteiger partial charge in [0.25, 0.3) is 0 Å². The topological polar surface area (TPSA) is 50.7 Å². The minimum Gasteiger partial charge on any atom is -0.353 e. The van der Waals surface area contributed by atoms with Gasteiger partial charge in [0, 0.05) is 6.54 Å². The second-order valence-corrected chi connectivity index (χ2v) is 4.39. The summed E-state index contributed by atoms with van der Waals surface area (Å²) in [6.45, 7) is 5.17. The first-order chi connectivity index (χ1) is 7.83. The summed E-state index contributed by atoms with van der Waals surface area (Å²) in [6, 6.07) is 0. The van der Waals surface area contributed by atoms with Gasteiger partial charge in [0.15, 0.2) is 0 Å². The average Bonchev–Trinajstić information content (AvgIpc) is 3.13. The third kappa shape index (κ3) is 2.90. The monoisotopic (exact) mass is 220 g/mol. The molecule has 0 bridgehead atoms. The Balaban J connectivity index is 1.92. The highest BCUT2D eigenvalue weighted by molar-refractivity contribution is 5.25. The third-order valence-corrected chi connectivity index (χ3v) is 3.04. The lowest BCUT2D eigenvalue weighted by Gasteiger charge is -2.07. The lowest BCUT2D eigenvalue weighted by Crippen LogP contribution is -2.10. The molecule has 0 saturated heterocycles. The zero-order valence-corrected chi connectivity index (χ0v) is 10.2. The van der Waals surface area contributed by atoms with Crippen LogP contribution < -0.4 is 5.32 Å². The largest absolute Gasteiger partial charge is 0.353 e. The van der Waals surface area contributed by atoms with Crippen LogP contribution in [0.1, 0.15) is 44.5 Å². The Kier molecular flexibility index (Phi) is 3.70. The van der Waals surface area contributed by atoms with Crippen LogP contribution in [0.25, 0.3) is 0 Å². The number of hydrogen-bond donors (Lipinski definition) is 1. The van der Waals surface area contributed by atoms with E-state index in [-0.39, 0.29) is 0 Å². The molecule has 0 unspecified atom stereocenters. The zero-order valence-electron chi connectivity index (χ0n) is 10.2. The van der Waals surface area contributed by atoms with E-state index in [0.717, 1.165) is 36.7 Å². The molecule has 0 radical (unpaired) electrons. The van der Waals surface area contributed by atoms with Crippen LogP contribution in [-0.4, -0.2) is 21.7 Å². The molecule has 4 nitrogen and oxygen atoms in total. The van der Waals surface area contributed by atoms with Gasteiger partial charge in [-0.3, -0.25) is 0 Å². The first kappa shape index (κ1) is 11.3. The minimum absolute atomic E-state index is 0.690. The fourth-order valence-corrected chi connectivity index (χ4v) is 1.81. The molecule has 1 N–H and O–H groups in total. The van der Waals surface area contributed by atoms with Crippen molar-refractivity contribution in [3.63, 3.8) is 0 Å². The SMILES string of the molecule is CCc1nnc(NCCC2CC2)nc1CC. The summed E-state index contributed by atoms with van der Waals surface area (Å²) in [5, 5.41) is 11.6. The molecule has 2 rings (SSSR count). The maximum absolute atomic E-state index is 4.49. The minimum atomic E-state index is 0.690. The number of anilines is 1. The number of aryl methyl sites for hydroxylation is 2. The van der Waals surface area contributed by atoms with Crippen molar-refractivity contribution in [2.24, 2.45) is 5.92 Å². The number of hydrogen-bond acceptors (Lipinski definition) is 4. The van der Waals surface area contributed by atoms with Gasteiger partial charge in [0.2, 0.25) is 5.95 Å². The van der Waals surface area contributed by atoms with Crippen molar-refractivity contribution in [2.75, 3.05) is 11.9 Å². The van der Waals surface area contributed by atoms with E-state index in [1.807, 2.05) is 0 Å². The molecule has 0 spiro atoms. The van der Waals surface area contributed by atoms with Crippen molar-refractivity contribution >= 4 is 5.95 Å². The lowest BCUT2D eigenvalue weighted by molar-refractivity contribution is 0.745. The van der Waals surface area contributed by atoms with Crippen LogP contribution in [0.5, 0.6) is 0 Å². The first-order valence-corrected chi connectivity index (χ1v) is 6.29. The van der Waals surface area contributed by atoms with E-state index in [1.54, 1.807) is 0 Å². The van der Waals surface area contributed by atoms with Crippen molar-refractivity contribution in [1.29, 1.82) is 0 Å². The molecular weight excluding hydrogens is 200 g/mol. The highest BCUT2D eigenvalue weighted by Gasteiger charge is 2.20. The van der Waals surface area contributed by atoms with E-state index < -0.39 is 0 Å². The summed E-state index contributed by atoms with van der Waals surface area (Å²) >= 11 is 0. The molecule has 1 aromatic rings. The molecule has 0 atom stereocenters. The molecular formula is C12H20N4. The van der Waals surface area contributed by atoms with Crippen LogP contribution in [-0.2, 0) is 12.8 Å². The van der Waals surface area contributed by atoms with Gasteiger partial charge >= 0.3 is 0 Å². The fourth-order valence-electron chi connectivity index (χ4n) is 1.81. The van der Waals surface area contributed by atoms with Crippen molar-refractivity contribution in [3.8, 4) is 0 Å². The maximum atomic E-state index is 4.49. The molecule has 1 aliphatic rings. The average molecular weight is 220 g/mol. The quantitative estimate of drug-likeness (QED) is 0.798. The van der Waals surface area contributed by atoms with E-state index in [0.29, 0.717) is 5.95 Å². The Morgan fingerprint density at radius 3 is 2.50 bits per heavy atom. The van der Waals surface area contributed by atoms with Crippen LogP contribution in [0.3, 0.4) is 0 Å². The third-order valence-electron chi connectivity index (χ3n) is 3.04. The van der Waals surface area contributed by atoms with Gasteiger partial charge in [-0.25, -0.2) is 4.98 Å². The lowest BCUT2D eigenvalue weighted by atomic mass is 10.2. The molecule has 4 heteroatoms. The molecule has 0 aromatic carbocycles. The molecule has 1 saturated carbocycles. The highest BCUT2D eigenvalue weighted by Crippen LogP contribution is 2.31. The van der Waals surface area contributed by atoms with Crippen LogP contribution in [0.4, 0.5) is 5.95 Å². The fraction of sp³-hybridized carbons (Fsp3) is 0.750. The second kappa shape index (κ2) is 5.23. The Morgan fingerprint density at radius 2 is 1.88 bits per heavy atom. The Labute approximate surface area is 96.9 Å². The summed E-state index contributed by atoms with van der Waals surface area (Å²) in [5.74, 6) is 1.63. The van der Waals surface area contributed by atoms with Crippen LogP contribution in [0, 0.1) is 5.92 Å². The summed E-state index contributed by atoms with van der Waals surface area (Å²) in [6.07, 6.45) is 5.87. The van der Waals surface area contributed by atoms with E-state index in [1.165, 1.54) is 19.3 Å². The number of nitrogens with zero attached hydrogens (tertiary/aromatic N) is 3. The van der Waals surface area contributed by atoms with Gasteiger partial charge in [-0.05, 0) is 25.2 Å². The van der Waals surface area contributed by atoms with Crippen molar-refractivity contribution < 1.29 is 0 Å². The Hall–Kier alpha value is -1.19. The van der Waals surface area contributed by atoms with Crippen LogP contribution in [0.15, 0.2) is 0 Å². The molecule has 0 amide bonds. The van der Waals surface area contributed by atoms with E-state index in [4.69, 9.17) is 0 Å². The van der Waals surface area contributed by atoms with Crippen molar-refractivity contribution in [1.82, 2.24) is 15.2 Å². The highest BCUT2D eigenvalue weighted by atomic mass is 15.2. The first-order valence-electron chi connectivity index (χ1n) is 6.29. The van der Waals surface area contributed by atoms with Gasteiger partial charge in [0.05, 0.1) is 11.4 Å². The smallest absolute Gasteiger partial charge is 0.242 e. The van der Waals surface area contributed by atoms with Gasteiger partial charge in [-0.1, -0.05) is 26.7 Å². The summed E-state index contributed by atoms with van der Waals surface area (Å²) < 4.78 is 0. The molecule has 1 aliphatic carbocycles. The van der Waals surface area contributed by atoms with Gasteiger partial charge < -0.3 is 5.32 Å². The number of aromatic nitrogens is 3. The van der Waals surface area contributed by atoms with Crippen molar-refractivity contribution in [3.05, 3.63) is 11.4 Å². The van der Waals surface area contributed by atoms with E-state index in [2.05, 4.69) is 34.3 Å². The molecule has 1 heterocycles. The predicted octanol–water partition coefficient (Wildman–Crippen LogP) is 2.21. The predicted molar refractivity (Wildman–Crippen MR) is 64.4 cm³/mol.